The van der Waals surface area contributed by atoms with E-state index in [0.29, 0.717) is 0 Å². The molecule has 0 radical (unpaired) electrons. The molecule has 1 aromatic carbocycles. The molecule has 1 heterocycles. The molecule has 16 heavy (non-hydrogen) atoms. The number of aromatic nitrogens is 1. The molecule has 2 rings (SSSR count). The standard InChI is InChI=1S/C14H14N2/c15-14(13-7-4-10-16-11-13)9-8-12-5-2-1-3-6-12/h1-11,14H,15H2. The quantitative estimate of drug-likeness (QED) is 0.846. The minimum Gasteiger partial charge on any atom is -0.321 e. The predicted octanol–water partition coefficient (Wildman–Crippen LogP) is 2.79. The fraction of sp³-hybridized carbons (Fsp3) is 0.0714. The van der Waals surface area contributed by atoms with Crippen molar-refractivity contribution in [3.05, 3.63) is 72.1 Å². The van der Waals surface area contributed by atoms with Crippen LogP contribution in [0.4, 0.5) is 0 Å². The summed E-state index contributed by atoms with van der Waals surface area (Å²) in [7, 11) is 0. The number of nitrogens with two attached hydrogens (primary N) is 1. The van der Waals surface area contributed by atoms with Crippen LogP contribution in [0.15, 0.2) is 60.9 Å². The van der Waals surface area contributed by atoms with Crippen LogP contribution in [0.3, 0.4) is 0 Å². The Labute approximate surface area is 95.5 Å². The van der Waals surface area contributed by atoms with Gasteiger partial charge in [-0.3, -0.25) is 4.98 Å². The average Bonchev–Trinajstić information content (AvgIpc) is 2.38. The fourth-order valence-corrected chi connectivity index (χ4v) is 1.46. The predicted molar refractivity (Wildman–Crippen MR) is 66.6 cm³/mol. The summed E-state index contributed by atoms with van der Waals surface area (Å²) >= 11 is 0. The van der Waals surface area contributed by atoms with Crippen molar-refractivity contribution in [1.82, 2.24) is 4.98 Å². The number of hydrogen-bond acceptors (Lipinski definition) is 2. The number of pyridine rings is 1. The first-order valence-electron chi connectivity index (χ1n) is 5.25. The van der Waals surface area contributed by atoms with E-state index in [1.165, 1.54) is 0 Å². The van der Waals surface area contributed by atoms with Gasteiger partial charge in [0.25, 0.3) is 0 Å². The van der Waals surface area contributed by atoms with Gasteiger partial charge in [-0.1, -0.05) is 48.6 Å². The van der Waals surface area contributed by atoms with Crippen LogP contribution in [0.5, 0.6) is 0 Å². The summed E-state index contributed by atoms with van der Waals surface area (Å²) in [6.45, 7) is 0. The monoisotopic (exact) mass is 210 g/mol. The maximum absolute atomic E-state index is 6.02. The van der Waals surface area contributed by atoms with E-state index in [-0.39, 0.29) is 6.04 Å². The van der Waals surface area contributed by atoms with Gasteiger partial charge in [0.2, 0.25) is 0 Å². The van der Waals surface area contributed by atoms with Crippen LogP contribution < -0.4 is 5.73 Å². The lowest BCUT2D eigenvalue weighted by molar-refractivity contribution is 0.905. The van der Waals surface area contributed by atoms with Gasteiger partial charge in [-0.2, -0.15) is 0 Å². The van der Waals surface area contributed by atoms with Crippen molar-refractivity contribution in [2.45, 2.75) is 6.04 Å². The summed E-state index contributed by atoms with van der Waals surface area (Å²) in [5.41, 5.74) is 8.19. The number of rotatable bonds is 3. The molecule has 0 amide bonds. The maximum Gasteiger partial charge on any atom is 0.0499 e. The van der Waals surface area contributed by atoms with E-state index in [2.05, 4.69) is 4.98 Å². The number of hydrogen-bond donors (Lipinski definition) is 1. The van der Waals surface area contributed by atoms with E-state index in [0.717, 1.165) is 11.1 Å². The zero-order chi connectivity index (χ0) is 11.2. The molecule has 0 fully saturated rings. The van der Waals surface area contributed by atoms with Crippen LogP contribution in [0, 0.1) is 0 Å². The molecule has 2 aromatic rings. The van der Waals surface area contributed by atoms with Crippen LogP contribution in [0.1, 0.15) is 17.2 Å². The molecule has 1 atom stereocenters. The highest BCUT2D eigenvalue weighted by Gasteiger charge is 1.99. The maximum atomic E-state index is 6.02. The van der Waals surface area contributed by atoms with Crippen LogP contribution in [-0.2, 0) is 0 Å². The lowest BCUT2D eigenvalue weighted by Gasteiger charge is -2.05. The van der Waals surface area contributed by atoms with Gasteiger partial charge in [0.1, 0.15) is 0 Å². The lowest BCUT2D eigenvalue weighted by Crippen LogP contribution is -2.06. The van der Waals surface area contributed by atoms with Gasteiger partial charge in [0.15, 0.2) is 0 Å². The molecular formula is C14H14N2. The minimum absolute atomic E-state index is 0.103. The molecule has 0 bridgehead atoms. The molecule has 0 aliphatic heterocycles. The summed E-state index contributed by atoms with van der Waals surface area (Å²) in [4.78, 5) is 4.05. The largest absolute Gasteiger partial charge is 0.321 e. The highest BCUT2D eigenvalue weighted by Crippen LogP contribution is 2.11. The summed E-state index contributed by atoms with van der Waals surface area (Å²) in [5, 5.41) is 0. The third-order valence-electron chi connectivity index (χ3n) is 2.36. The Kier molecular flexibility index (Phi) is 3.46. The first-order valence-corrected chi connectivity index (χ1v) is 5.25. The van der Waals surface area contributed by atoms with Gasteiger partial charge in [0.05, 0.1) is 0 Å². The van der Waals surface area contributed by atoms with Gasteiger partial charge in [-0.25, -0.2) is 0 Å². The smallest absolute Gasteiger partial charge is 0.0499 e. The van der Waals surface area contributed by atoms with Crippen molar-refractivity contribution in [3.63, 3.8) is 0 Å². The van der Waals surface area contributed by atoms with E-state index in [1.807, 2.05) is 54.6 Å². The van der Waals surface area contributed by atoms with E-state index in [4.69, 9.17) is 5.73 Å². The lowest BCUT2D eigenvalue weighted by atomic mass is 10.1. The van der Waals surface area contributed by atoms with Crippen LogP contribution in [-0.4, -0.2) is 4.98 Å². The third kappa shape index (κ3) is 2.78. The van der Waals surface area contributed by atoms with Gasteiger partial charge < -0.3 is 5.73 Å². The second-order valence-electron chi connectivity index (χ2n) is 3.58. The molecular weight excluding hydrogens is 196 g/mol. The Morgan fingerprint density at radius 2 is 1.88 bits per heavy atom. The Morgan fingerprint density at radius 3 is 2.56 bits per heavy atom. The number of nitrogens with zero attached hydrogens (tertiary/aromatic N) is 1. The highest BCUT2D eigenvalue weighted by molar-refractivity contribution is 5.50. The van der Waals surface area contributed by atoms with Crippen LogP contribution in [0.25, 0.3) is 6.08 Å². The topological polar surface area (TPSA) is 38.9 Å². The molecule has 0 aliphatic carbocycles. The van der Waals surface area contributed by atoms with Crippen molar-refractivity contribution in [1.29, 1.82) is 0 Å². The van der Waals surface area contributed by atoms with Crippen molar-refractivity contribution >= 4 is 6.08 Å². The van der Waals surface area contributed by atoms with Gasteiger partial charge in [-0.05, 0) is 17.2 Å². The van der Waals surface area contributed by atoms with Crippen LogP contribution >= 0.6 is 0 Å². The molecule has 0 aliphatic rings. The van der Waals surface area contributed by atoms with E-state index < -0.39 is 0 Å². The molecule has 0 spiro atoms. The molecule has 1 unspecified atom stereocenters. The molecule has 2 heteroatoms. The summed E-state index contributed by atoms with van der Waals surface area (Å²) in [6, 6.07) is 13.9. The molecule has 0 saturated carbocycles. The number of benzene rings is 1. The normalized spacial score (nSPS) is 12.8. The zero-order valence-corrected chi connectivity index (χ0v) is 8.95. The summed E-state index contributed by atoms with van der Waals surface area (Å²) < 4.78 is 0. The Bertz CT molecular complexity index is 449. The SMILES string of the molecule is NC(C=Cc1ccccc1)c1cccnc1. The summed E-state index contributed by atoms with van der Waals surface area (Å²) in [5.74, 6) is 0. The molecule has 80 valence electrons. The molecule has 2 N–H and O–H groups in total. The van der Waals surface area contributed by atoms with Crippen molar-refractivity contribution in [2.24, 2.45) is 5.73 Å². The molecule has 2 nitrogen and oxygen atoms in total. The van der Waals surface area contributed by atoms with Gasteiger partial charge in [-0.15, -0.1) is 0 Å². The van der Waals surface area contributed by atoms with E-state index in [1.54, 1.807) is 12.4 Å². The highest BCUT2D eigenvalue weighted by atomic mass is 14.7. The first-order chi connectivity index (χ1) is 7.86. The Morgan fingerprint density at radius 1 is 1.06 bits per heavy atom. The average molecular weight is 210 g/mol. The second-order valence-corrected chi connectivity index (χ2v) is 3.58. The first kappa shape index (κ1) is 10.6. The Balaban J connectivity index is 2.08. The van der Waals surface area contributed by atoms with Crippen molar-refractivity contribution in [2.75, 3.05) is 0 Å². The molecule has 0 saturated heterocycles. The van der Waals surface area contributed by atoms with E-state index >= 15 is 0 Å². The second kappa shape index (κ2) is 5.24. The zero-order valence-electron chi connectivity index (χ0n) is 8.95. The van der Waals surface area contributed by atoms with Crippen LogP contribution in [0.2, 0.25) is 0 Å². The third-order valence-corrected chi connectivity index (χ3v) is 2.36. The fourth-order valence-electron chi connectivity index (χ4n) is 1.46. The van der Waals surface area contributed by atoms with Gasteiger partial charge >= 0.3 is 0 Å². The van der Waals surface area contributed by atoms with Gasteiger partial charge in [0, 0.05) is 18.4 Å². The summed E-state index contributed by atoms with van der Waals surface area (Å²) in [6.07, 6.45) is 7.54. The molecule has 1 aromatic heterocycles. The Hall–Kier alpha value is -1.93. The minimum atomic E-state index is -0.103. The van der Waals surface area contributed by atoms with Crippen molar-refractivity contribution in [3.8, 4) is 0 Å². The van der Waals surface area contributed by atoms with Crippen molar-refractivity contribution < 1.29 is 0 Å². The van der Waals surface area contributed by atoms with E-state index in [9.17, 15) is 0 Å².